The molecule has 0 aliphatic carbocycles. The fraction of sp³-hybridized carbons (Fsp3) is 0.167. The van der Waals surface area contributed by atoms with Crippen molar-refractivity contribution >= 4 is 34.0 Å². The first-order valence-electron chi connectivity index (χ1n) is 7.75. The lowest BCUT2D eigenvalue weighted by Gasteiger charge is -2.13. The van der Waals surface area contributed by atoms with Gasteiger partial charge in [-0.1, -0.05) is 12.1 Å². The van der Waals surface area contributed by atoms with Gasteiger partial charge < -0.3 is 5.32 Å². The Morgan fingerprint density at radius 1 is 1.33 bits per heavy atom. The van der Waals surface area contributed by atoms with Gasteiger partial charge in [0.1, 0.15) is 11.6 Å². The summed E-state index contributed by atoms with van der Waals surface area (Å²) in [7, 11) is 0. The van der Waals surface area contributed by atoms with Crippen LogP contribution < -0.4 is 5.32 Å². The summed E-state index contributed by atoms with van der Waals surface area (Å²) in [6.45, 7) is 3.63. The lowest BCUT2D eigenvalue weighted by Crippen LogP contribution is -2.17. The van der Waals surface area contributed by atoms with E-state index in [2.05, 4.69) is 10.3 Å². The second-order valence-corrected chi connectivity index (χ2v) is 6.96. The number of amides is 1. The van der Waals surface area contributed by atoms with E-state index in [1.54, 1.807) is 17.4 Å². The molecule has 1 aromatic carbocycles. The minimum atomic E-state index is -4.62. The van der Waals surface area contributed by atoms with Crippen molar-refractivity contribution in [3.63, 3.8) is 0 Å². The van der Waals surface area contributed by atoms with Gasteiger partial charge in [-0.2, -0.15) is 18.4 Å². The molecule has 9 heteroatoms. The third kappa shape index (κ3) is 3.71. The Balaban J connectivity index is 1.97. The molecule has 5 nitrogen and oxygen atoms in total. The molecular formula is C18H13F3N4OS. The summed E-state index contributed by atoms with van der Waals surface area (Å²) in [6, 6.07) is 6.35. The molecular weight excluding hydrogens is 377 g/mol. The molecule has 0 atom stereocenters. The normalized spacial score (nSPS) is 12.2. The Morgan fingerprint density at radius 2 is 2.04 bits per heavy atom. The number of aromatic nitrogens is 2. The number of fused-ring (bicyclic) bond motifs is 1. The van der Waals surface area contributed by atoms with Crippen LogP contribution in [-0.2, 0) is 11.0 Å². The first kappa shape index (κ1) is 18.7. The van der Waals surface area contributed by atoms with Crippen molar-refractivity contribution in [1.82, 2.24) is 9.38 Å². The molecule has 138 valence electrons. The topological polar surface area (TPSA) is 70.2 Å². The summed E-state index contributed by atoms with van der Waals surface area (Å²) in [6.07, 6.45) is -1.48. The van der Waals surface area contributed by atoms with Crippen molar-refractivity contribution < 1.29 is 18.0 Å². The number of hydrogen-bond acceptors (Lipinski definition) is 4. The molecule has 3 rings (SSSR count). The largest absolute Gasteiger partial charge is 0.418 e. The van der Waals surface area contributed by atoms with E-state index < -0.39 is 23.3 Å². The average Bonchev–Trinajstić information content (AvgIpc) is 3.07. The monoisotopic (exact) mass is 390 g/mol. The van der Waals surface area contributed by atoms with Crippen molar-refractivity contribution in [2.24, 2.45) is 0 Å². The van der Waals surface area contributed by atoms with Crippen LogP contribution in [0.25, 0.3) is 11.0 Å². The van der Waals surface area contributed by atoms with E-state index in [-0.39, 0.29) is 5.57 Å². The number of nitriles is 1. The van der Waals surface area contributed by atoms with Gasteiger partial charge in [0.2, 0.25) is 0 Å². The van der Waals surface area contributed by atoms with Gasteiger partial charge in [-0.25, -0.2) is 4.98 Å². The molecule has 0 bridgehead atoms. The number of benzene rings is 1. The van der Waals surface area contributed by atoms with Crippen molar-refractivity contribution in [2.75, 3.05) is 5.32 Å². The van der Waals surface area contributed by atoms with E-state index in [9.17, 15) is 23.2 Å². The minimum Gasteiger partial charge on any atom is -0.321 e. The van der Waals surface area contributed by atoms with E-state index in [1.807, 2.05) is 13.1 Å². The molecule has 0 aliphatic heterocycles. The lowest BCUT2D eigenvalue weighted by atomic mass is 10.1. The lowest BCUT2D eigenvalue weighted by molar-refractivity contribution is -0.137. The van der Waals surface area contributed by atoms with Crippen LogP contribution in [0, 0.1) is 25.2 Å². The number of nitrogens with one attached hydrogen (secondary N) is 1. The number of halogens is 3. The third-order valence-electron chi connectivity index (χ3n) is 3.79. The highest BCUT2D eigenvalue weighted by molar-refractivity contribution is 7.17. The van der Waals surface area contributed by atoms with Crippen LogP contribution in [0.4, 0.5) is 18.9 Å². The van der Waals surface area contributed by atoms with Gasteiger partial charge in [-0.3, -0.25) is 9.20 Å². The number of para-hydroxylation sites is 1. The SMILES string of the molecule is Cc1cn2c(/C=C(\C#N)C(=O)Nc3ccccc3C(F)(F)F)c(C)nc2s1. The molecule has 2 aromatic heterocycles. The number of imidazole rings is 1. The molecule has 0 radical (unpaired) electrons. The zero-order valence-corrected chi connectivity index (χ0v) is 15.1. The van der Waals surface area contributed by atoms with E-state index in [0.29, 0.717) is 16.3 Å². The van der Waals surface area contributed by atoms with E-state index in [4.69, 9.17) is 0 Å². The number of thiazole rings is 1. The highest BCUT2D eigenvalue weighted by atomic mass is 32.1. The minimum absolute atomic E-state index is 0.319. The van der Waals surface area contributed by atoms with Gasteiger partial charge in [0.05, 0.1) is 22.6 Å². The Morgan fingerprint density at radius 3 is 2.70 bits per heavy atom. The van der Waals surface area contributed by atoms with Gasteiger partial charge in [0.25, 0.3) is 5.91 Å². The van der Waals surface area contributed by atoms with Crippen LogP contribution in [-0.4, -0.2) is 15.3 Å². The number of aryl methyl sites for hydroxylation is 2. The standard InChI is InChI=1S/C18H13F3N4OS/c1-10-9-25-15(11(2)23-17(25)27-10)7-12(8-22)16(26)24-14-6-4-3-5-13(14)18(19,20)21/h3-7,9H,1-2H3,(H,24,26)/b12-7+. The Labute approximate surface area is 156 Å². The van der Waals surface area contributed by atoms with Gasteiger partial charge in [0, 0.05) is 11.1 Å². The van der Waals surface area contributed by atoms with Gasteiger partial charge in [-0.15, -0.1) is 11.3 Å². The van der Waals surface area contributed by atoms with Gasteiger partial charge in [-0.05, 0) is 32.1 Å². The fourth-order valence-electron chi connectivity index (χ4n) is 2.57. The van der Waals surface area contributed by atoms with Gasteiger partial charge in [0.15, 0.2) is 4.96 Å². The zero-order chi connectivity index (χ0) is 19.8. The smallest absolute Gasteiger partial charge is 0.321 e. The molecule has 3 aromatic rings. The van der Waals surface area contributed by atoms with Crippen molar-refractivity contribution in [3.05, 3.63) is 57.9 Å². The zero-order valence-electron chi connectivity index (χ0n) is 14.3. The van der Waals surface area contributed by atoms with Crippen LogP contribution in [0.5, 0.6) is 0 Å². The molecule has 2 heterocycles. The average molecular weight is 390 g/mol. The number of nitrogens with zero attached hydrogens (tertiary/aromatic N) is 3. The van der Waals surface area contributed by atoms with E-state index >= 15 is 0 Å². The van der Waals surface area contributed by atoms with Crippen LogP contribution in [0.2, 0.25) is 0 Å². The number of alkyl halides is 3. The number of carbonyl (C=O) groups is 1. The Hall–Kier alpha value is -3.12. The van der Waals surface area contributed by atoms with Crippen molar-refractivity contribution in [3.8, 4) is 6.07 Å². The maximum atomic E-state index is 13.1. The second kappa shape index (κ2) is 6.89. The maximum absolute atomic E-state index is 13.1. The predicted molar refractivity (Wildman–Crippen MR) is 96.2 cm³/mol. The predicted octanol–water partition coefficient (Wildman–Crippen LogP) is 4.58. The molecule has 0 saturated heterocycles. The Kier molecular flexibility index (Phi) is 4.76. The summed E-state index contributed by atoms with van der Waals surface area (Å²) in [5, 5.41) is 11.5. The molecule has 1 N–H and O–H groups in total. The summed E-state index contributed by atoms with van der Waals surface area (Å²) >= 11 is 1.45. The fourth-order valence-corrected chi connectivity index (χ4v) is 3.45. The molecule has 0 saturated carbocycles. The molecule has 1 amide bonds. The number of hydrogen-bond donors (Lipinski definition) is 1. The second-order valence-electron chi connectivity index (χ2n) is 5.74. The summed E-state index contributed by atoms with van der Waals surface area (Å²) in [4.78, 5) is 18.5. The third-order valence-corrected chi connectivity index (χ3v) is 4.69. The van der Waals surface area contributed by atoms with Gasteiger partial charge >= 0.3 is 6.18 Å². The molecule has 0 fully saturated rings. The van der Waals surface area contributed by atoms with Crippen LogP contribution in [0.3, 0.4) is 0 Å². The number of anilines is 1. The van der Waals surface area contributed by atoms with E-state index in [1.165, 1.54) is 29.5 Å². The maximum Gasteiger partial charge on any atom is 0.418 e. The quantitative estimate of drug-likeness (QED) is 0.526. The molecule has 0 unspecified atom stereocenters. The van der Waals surface area contributed by atoms with E-state index in [0.717, 1.165) is 17.0 Å². The highest BCUT2D eigenvalue weighted by Crippen LogP contribution is 2.34. The summed E-state index contributed by atoms with van der Waals surface area (Å²) in [5.74, 6) is -0.921. The van der Waals surface area contributed by atoms with Crippen molar-refractivity contribution in [2.45, 2.75) is 20.0 Å². The number of rotatable bonds is 3. The van der Waals surface area contributed by atoms with Crippen molar-refractivity contribution in [1.29, 1.82) is 5.26 Å². The first-order valence-corrected chi connectivity index (χ1v) is 8.57. The first-order chi connectivity index (χ1) is 12.7. The Bertz CT molecular complexity index is 1100. The highest BCUT2D eigenvalue weighted by Gasteiger charge is 2.33. The summed E-state index contributed by atoms with van der Waals surface area (Å²) in [5.41, 5.74) is -0.562. The van der Waals surface area contributed by atoms with Crippen LogP contribution in [0.15, 0.2) is 36.0 Å². The van der Waals surface area contributed by atoms with Crippen LogP contribution in [0.1, 0.15) is 21.8 Å². The molecule has 27 heavy (non-hydrogen) atoms. The molecule has 0 aliphatic rings. The number of carbonyl (C=O) groups excluding carboxylic acids is 1. The van der Waals surface area contributed by atoms with Crippen LogP contribution >= 0.6 is 11.3 Å². The molecule has 0 spiro atoms. The summed E-state index contributed by atoms with van der Waals surface area (Å²) < 4.78 is 41.0.